The van der Waals surface area contributed by atoms with Crippen LogP contribution in [0.15, 0.2) is 6.33 Å². The molecule has 2 aromatic heterocycles. The zero-order valence-electron chi connectivity index (χ0n) is 11.3. The van der Waals surface area contributed by atoms with Crippen LogP contribution in [-0.2, 0) is 13.0 Å². The predicted molar refractivity (Wildman–Crippen MR) is 69.8 cm³/mol. The van der Waals surface area contributed by atoms with Crippen molar-refractivity contribution in [2.24, 2.45) is 0 Å². The molecule has 0 fully saturated rings. The Hall–Kier alpha value is -2.25. The Morgan fingerprint density at radius 3 is 3.10 bits per heavy atom. The van der Waals surface area contributed by atoms with E-state index >= 15 is 0 Å². The molecule has 1 unspecified atom stereocenters. The molecule has 0 saturated carbocycles. The molecule has 20 heavy (non-hydrogen) atoms. The van der Waals surface area contributed by atoms with Crippen LogP contribution in [0.1, 0.15) is 54.5 Å². The van der Waals surface area contributed by atoms with E-state index in [0.717, 1.165) is 37.5 Å². The highest BCUT2D eigenvalue weighted by molar-refractivity contribution is 5.90. The Bertz CT molecular complexity index is 589. The summed E-state index contributed by atoms with van der Waals surface area (Å²) in [4.78, 5) is 15.8. The fourth-order valence-corrected chi connectivity index (χ4v) is 2.47. The molecule has 1 aliphatic rings. The molecule has 1 amide bonds. The first kappa shape index (κ1) is 12.8. The highest BCUT2D eigenvalue weighted by Crippen LogP contribution is 2.18. The van der Waals surface area contributed by atoms with Gasteiger partial charge in [-0.3, -0.25) is 9.89 Å². The standard InChI is InChI=1S/C12H17N7O/c1-8(15-12(20)10-13-7-14-17-10)11-18-16-9-5-3-2-4-6-19(9)11/h7-8H,2-6H2,1H3,(H,15,20)(H,13,14,17). The van der Waals surface area contributed by atoms with Crippen molar-refractivity contribution in [1.82, 2.24) is 35.3 Å². The average molecular weight is 275 g/mol. The number of hydrogen-bond donors (Lipinski definition) is 2. The van der Waals surface area contributed by atoms with Gasteiger partial charge in [-0.15, -0.1) is 10.2 Å². The van der Waals surface area contributed by atoms with E-state index in [-0.39, 0.29) is 17.8 Å². The maximum atomic E-state index is 11.9. The van der Waals surface area contributed by atoms with Crippen LogP contribution in [0.25, 0.3) is 0 Å². The molecule has 3 rings (SSSR count). The van der Waals surface area contributed by atoms with Gasteiger partial charge in [0, 0.05) is 13.0 Å². The zero-order chi connectivity index (χ0) is 13.9. The molecule has 0 aliphatic carbocycles. The number of aromatic nitrogens is 6. The Kier molecular flexibility index (Phi) is 3.44. The van der Waals surface area contributed by atoms with Crippen LogP contribution in [0.3, 0.4) is 0 Å². The molecule has 106 valence electrons. The Balaban J connectivity index is 1.76. The lowest BCUT2D eigenvalue weighted by molar-refractivity contribution is 0.0927. The van der Waals surface area contributed by atoms with E-state index in [1.54, 1.807) is 0 Å². The minimum Gasteiger partial charge on any atom is -0.340 e. The summed E-state index contributed by atoms with van der Waals surface area (Å²) in [6.45, 7) is 2.82. The van der Waals surface area contributed by atoms with E-state index < -0.39 is 0 Å². The first-order valence-corrected chi connectivity index (χ1v) is 6.84. The van der Waals surface area contributed by atoms with Crippen LogP contribution in [0.5, 0.6) is 0 Å². The second-order valence-electron chi connectivity index (χ2n) is 4.97. The van der Waals surface area contributed by atoms with Gasteiger partial charge < -0.3 is 9.88 Å². The summed E-state index contributed by atoms with van der Waals surface area (Å²) >= 11 is 0. The third kappa shape index (κ3) is 2.40. The Morgan fingerprint density at radius 2 is 2.30 bits per heavy atom. The van der Waals surface area contributed by atoms with Gasteiger partial charge in [-0.25, -0.2) is 4.98 Å². The highest BCUT2D eigenvalue weighted by atomic mass is 16.2. The number of fused-ring (bicyclic) bond motifs is 1. The molecule has 8 heteroatoms. The van der Waals surface area contributed by atoms with Crippen LogP contribution >= 0.6 is 0 Å². The monoisotopic (exact) mass is 275 g/mol. The van der Waals surface area contributed by atoms with Gasteiger partial charge in [-0.05, 0) is 19.8 Å². The maximum Gasteiger partial charge on any atom is 0.289 e. The molecular formula is C12H17N7O. The number of rotatable bonds is 3. The summed E-state index contributed by atoms with van der Waals surface area (Å²) in [5.41, 5.74) is 0. The number of amides is 1. The van der Waals surface area contributed by atoms with Gasteiger partial charge in [-0.2, -0.15) is 5.10 Å². The van der Waals surface area contributed by atoms with Gasteiger partial charge in [0.2, 0.25) is 5.82 Å². The molecule has 0 saturated heterocycles. The normalized spacial score (nSPS) is 16.2. The van der Waals surface area contributed by atoms with Crippen LogP contribution in [-0.4, -0.2) is 35.9 Å². The van der Waals surface area contributed by atoms with Crippen molar-refractivity contribution in [3.05, 3.63) is 23.8 Å². The first-order valence-electron chi connectivity index (χ1n) is 6.84. The second kappa shape index (κ2) is 5.40. The van der Waals surface area contributed by atoms with Gasteiger partial charge in [-0.1, -0.05) is 6.42 Å². The van der Waals surface area contributed by atoms with E-state index in [1.807, 2.05) is 6.92 Å². The molecular weight excluding hydrogens is 258 g/mol. The van der Waals surface area contributed by atoms with Gasteiger partial charge in [0.15, 0.2) is 5.82 Å². The molecule has 3 heterocycles. The molecule has 1 aliphatic heterocycles. The maximum absolute atomic E-state index is 11.9. The molecule has 0 bridgehead atoms. The quantitative estimate of drug-likeness (QED) is 0.854. The van der Waals surface area contributed by atoms with Crippen molar-refractivity contribution in [3.8, 4) is 0 Å². The van der Waals surface area contributed by atoms with Crippen LogP contribution in [0.2, 0.25) is 0 Å². The molecule has 0 radical (unpaired) electrons. The Labute approximate surface area is 116 Å². The summed E-state index contributed by atoms with van der Waals surface area (Å²) in [5, 5.41) is 17.5. The predicted octanol–water partition coefficient (Wildman–Crippen LogP) is 0.614. The van der Waals surface area contributed by atoms with Crippen molar-refractivity contribution >= 4 is 5.91 Å². The lowest BCUT2D eigenvalue weighted by Crippen LogP contribution is -2.29. The van der Waals surface area contributed by atoms with Crippen molar-refractivity contribution in [2.75, 3.05) is 0 Å². The minimum atomic E-state index is -0.291. The molecule has 0 aromatic carbocycles. The van der Waals surface area contributed by atoms with Gasteiger partial charge in [0.05, 0.1) is 6.04 Å². The average Bonchev–Trinajstić information content (AvgIpc) is 3.04. The molecule has 2 N–H and O–H groups in total. The minimum absolute atomic E-state index is 0.201. The fourth-order valence-electron chi connectivity index (χ4n) is 2.47. The van der Waals surface area contributed by atoms with E-state index in [1.165, 1.54) is 12.7 Å². The number of hydrogen-bond acceptors (Lipinski definition) is 5. The van der Waals surface area contributed by atoms with E-state index in [0.29, 0.717) is 0 Å². The van der Waals surface area contributed by atoms with Crippen molar-refractivity contribution < 1.29 is 4.79 Å². The second-order valence-corrected chi connectivity index (χ2v) is 4.97. The summed E-state index contributed by atoms with van der Waals surface area (Å²) < 4.78 is 2.12. The zero-order valence-corrected chi connectivity index (χ0v) is 11.3. The third-order valence-corrected chi connectivity index (χ3v) is 3.50. The lowest BCUT2D eigenvalue weighted by atomic mass is 10.2. The molecule has 8 nitrogen and oxygen atoms in total. The number of nitrogens with zero attached hydrogens (tertiary/aromatic N) is 5. The summed E-state index contributed by atoms with van der Waals surface area (Å²) in [6.07, 6.45) is 5.75. The first-order chi connectivity index (χ1) is 9.75. The third-order valence-electron chi connectivity index (χ3n) is 3.50. The lowest BCUT2D eigenvalue weighted by Gasteiger charge is -2.14. The van der Waals surface area contributed by atoms with Crippen LogP contribution < -0.4 is 5.32 Å². The summed E-state index contributed by atoms with van der Waals surface area (Å²) in [7, 11) is 0. The van der Waals surface area contributed by atoms with Crippen LogP contribution in [0.4, 0.5) is 0 Å². The number of nitrogens with one attached hydrogen (secondary N) is 2. The van der Waals surface area contributed by atoms with Gasteiger partial charge in [0.1, 0.15) is 12.2 Å². The molecule has 0 spiro atoms. The van der Waals surface area contributed by atoms with Gasteiger partial charge in [0.25, 0.3) is 5.91 Å². The van der Waals surface area contributed by atoms with Crippen molar-refractivity contribution in [3.63, 3.8) is 0 Å². The number of H-pyrrole nitrogens is 1. The number of aryl methyl sites for hydroxylation is 1. The van der Waals surface area contributed by atoms with Gasteiger partial charge >= 0.3 is 0 Å². The highest BCUT2D eigenvalue weighted by Gasteiger charge is 2.21. The summed E-state index contributed by atoms with van der Waals surface area (Å²) in [6, 6.07) is -0.216. The molecule has 1 atom stereocenters. The fraction of sp³-hybridized carbons (Fsp3) is 0.583. The molecule has 2 aromatic rings. The summed E-state index contributed by atoms with van der Waals surface area (Å²) in [5.74, 6) is 1.72. The largest absolute Gasteiger partial charge is 0.340 e. The smallest absolute Gasteiger partial charge is 0.289 e. The SMILES string of the molecule is CC(NC(=O)c1ncn[nH]1)c1nnc2n1CCCCC2. The van der Waals surface area contributed by atoms with E-state index in [9.17, 15) is 4.79 Å². The topological polar surface area (TPSA) is 101 Å². The Morgan fingerprint density at radius 1 is 1.40 bits per heavy atom. The van der Waals surface area contributed by atoms with E-state index in [4.69, 9.17) is 0 Å². The van der Waals surface area contributed by atoms with E-state index in [2.05, 4.69) is 35.3 Å². The number of carbonyl (C=O) groups excluding carboxylic acids is 1. The van der Waals surface area contributed by atoms with Crippen molar-refractivity contribution in [2.45, 2.75) is 45.2 Å². The van der Waals surface area contributed by atoms with Crippen LogP contribution in [0, 0.1) is 0 Å². The number of carbonyl (C=O) groups is 1. The number of aromatic amines is 1. The van der Waals surface area contributed by atoms with Crippen molar-refractivity contribution in [1.29, 1.82) is 0 Å².